The van der Waals surface area contributed by atoms with Crippen molar-refractivity contribution in [2.24, 2.45) is 0 Å². The third-order valence-electron chi connectivity index (χ3n) is 0.957. The Labute approximate surface area is 64.6 Å². The Morgan fingerprint density at radius 3 is 2.45 bits per heavy atom. The number of hydrogen-bond acceptors (Lipinski definition) is 2. The maximum atomic E-state index is 10.6. The highest BCUT2D eigenvalue weighted by atomic mass is 16.4. The van der Waals surface area contributed by atoms with Gasteiger partial charge in [0.15, 0.2) is 0 Å². The van der Waals surface area contributed by atoms with Crippen LogP contribution in [0.3, 0.4) is 0 Å². The second-order valence-electron chi connectivity index (χ2n) is 1.91. The molecule has 0 heterocycles. The van der Waals surface area contributed by atoms with Crippen LogP contribution in [0.2, 0.25) is 0 Å². The van der Waals surface area contributed by atoms with Gasteiger partial charge in [-0.2, -0.15) is 0 Å². The summed E-state index contributed by atoms with van der Waals surface area (Å²) in [5.74, 6) is 2.88. The molecule has 60 valence electrons. The predicted octanol–water partition coefficient (Wildman–Crippen LogP) is -0.401. The van der Waals surface area contributed by atoms with E-state index in [1.807, 2.05) is 0 Å². The summed E-state index contributed by atoms with van der Waals surface area (Å²) >= 11 is 0. The van der Waals surface area contributed by atoms with Crippen molar-refractivity contribution >= 4 is 11.9 Å². The minimum atomic E-state index is -1.07. The van der Waals surface area contributed by atoms with Gasteiger partial charge in [-0.1, -0.05) is 5.92 Å². The second-order valence-corrected chi connectivity index (χ2v) is 1.91. The molecule has 4 heteroatoms. The summed E-state index contributed by atoms with van der Waals surface area (Å²) < 4.78 is 0. The Hall–Kier alpha value is -1.50. The first-order chi connectivity index (χ1) is 5.07. The molecule has 11 heavy (non-hydrogen) atoms. The highest BCUT2D eigenvalue weighted by Gasteiger charge is 2.11. The van der Waals surface area contributed by atoms with E-state index < -0.39 is 17.9 Å². The zero-order valence-electron chi connectivity index (χ0n) is 6.34. The molecule has 4 nitrogen and oxygen atoms in total. The summed E-state index contributed by atoms with van der Waals surface area (Å²) in [6.45, 7) is 2.88. The van der Waals surface area contributed by atoms with Gasteiger partial charge in [0.25, 0.3) is 5.91 Å². The molecule has 0 fully saturated rings. The molecule has 1 amide bonds. The number of carbonyl (C=O) groups excluding carboxylic acids is 1. The van der Waals surface area contributed by atoms with Crippen molar-refractivity contribution in [2.75, 3.05) is 0 Å². The Balaban J connectivity index is 3.92. The molecule has 0 radical (unpaired) electrons. The van der Waals surface area contributed by atoms with Gasteiger partial charge in [-0.25, -0.2) is 0 Å². The fourth-order valence-electron chi connectivity index (χ4n) is 0.408. The van der Waals surface area contributed by atoms with Gasteiger partial charge in [0.1, 0.15) is 6.04 Å². The molecule has 2 N–H and O–H groups in total. The van der Waals surface area contributed by atoms with E-state index in [0.29, 0.717) is 0 Å². The molecule has 0 aromatic carbocycles. The van der Waals surface area contributed by atoms with Crippen LogP contribution in [0.4, 0.5) is 0 Å². The predicted molar refractivity (Wildman–Crippen MR) is 38.7 cm³/mol. The molecule has 0 bridgehead atoms. The molecule has 0 spiro atoms. The topological polar surface area (TPSA) is 66.4 Å². The molecule has 0 saturated carbocycles. The van der Waals surface area contributed by atoms with Gasteiger partial charge in [0.2, 0.25) is 0 Å². The number of carboxylic acid groups (broad SMARTS) is 1. The van der Waals surface area contributed by atoms with Crippen molar-refractivity contribution in [3.05, 3.63) is 0 Å². The van der Waals surface area contributed by atoms with Gasteiger partial charge < -0.3 is 10.4 Å². The SMILES string of the molecule is CC#CC(=O)N[C@@H](C)C(=O)O. The Kier molecular flexibility index (Phi) is 3.75. The number of hydrogen-bond donors (Lipinski definition) is 2. The molecular weight excluding hydrogens is 146 g/mol. The molecule has 1 atom stereocenters. The smallest absolute Gasteiger partial charge is 0.325 e. The number of amides is 1. The standard InChI is InChI=1S/C7H9NO3/c1-3-4-6(9)8-5(2)7(10)11/h5H,1-2H3,(H,8,9)(H,10,11)/t5-/m0/s1. The Morgan fingerprint density at radius 2 is 2.09 bits per heavy atom. The van der Waals surface area contributed by atoms with E-state index >= 15 is 0 Å². The van der Waals surface area contributed by atoms with Crippen molar-refractivity contribution in [3.63, 3.8) is 0 Å². The van der Waals surface area contributed by atoms with Gasteiger partial charge in [-0.15, -0.1) is 0 Å². The third kappa shape index (κ3) is 3.98. The van der Waals surface area contributed by atoms with Crippen LogP contribution < -0.4 is 5.32 Å². The lowest BCUT2D eigenvalue weighted by Gasteiger charge is -2.03. The van der Waals surface area contributed by atoms with Crippen molar-refractivity contribution < 1.29 is 14.7 Å². The molecule has 0 aliphatic heterocycles. The van der Waals surface area contributed by atoms with Crippen molar-refractivity contribution in [2.45, 2.75) is 19.9 Å². The highest BCUT2D eigenvalue weighted by Crippen LogP contribution is 1.79. The molecule has 0 saturated heterocycles. The van der Waals surface area contributed by atoms with Crippen LogP contribution in [0.15, 0.2) is 0 Å². The van der Waals surface area contributed by atoms with Gasteiger partial charge in [-0.3, -0.25) is 9.59 Å². The molecule has 0 rings (SSSR count). The summed E-state index contributed by atoms with van der Waals surface area (Å²) in [7, 11) is 0. The van der Waals surface area contributed by atoms with Crippen LogP contribution in [-0.2, 0) is 9.59 Å². The first kappa shape index (κ1) is 9.50. The van der Waals surface area contributed by atoms with E-state index in [2.05, 4.69) is 17.2 Å². The van der Waals surface area contributed by atoms with E-state index in [4.69, 9.17) is 5.11 Å². The number of aliphatic carboxylic acids is 1. The average molecular weight is 155 g/mol. The Morgan fingerprint density at radius 1 is 1.55 bits per heavy atom. The van der Waals surface area contributed by atoms with Crippen LogP contribution in [0.1, 0.15) is 13.8 Å². The van der Waals surface area contributed by atoms with Crippen LogP contribution >= 0.6 is 0 Å². The lowest BCUT2D eigenvalue weighted by Crippen LogP contribution is -2.37. The third-order valence-corrected chi connectivity index (χ3v) is 0.957. The Bertz CT molecular complexity index is 224. The summed E-state index contributed by atoms with van der Waals surface area (Å²) in [6.07, 6.45) is 0. The normalized spacial score (nSPS) is 10.7. The molecule has 0 aromatic heterocycles. The molecule has 0 aliphatic carbocycles. The lowest BCUT2D eigenvalue weighted by atomic mass is 10.3. The van der Waals surface area contributed by atoms with Crippen molar-refractivity contribution in [1.29, 1.82) is 0 Å². The van der Waals surface area contributed by atoms with Crippen LogP contribution in [-0.4, -0.2) is 23.0 Å². The van der Waals surface area contributed by atoms with Gasteiger partial charge in [-0.05, 0) is 19.8 Å². The van der Waals surface area contributed by atoms with E-state index in [1.165, 1.54) is 13.8 Å². The number of rotatable bonds is 2. The van der Waals surface area contributed by atoms with E-state index in [0.717, 1.165) is 0 Å². The van der Waals surface area contributed by atoms with Crippen molar-refractivity contribution in [3.8, 4) is 11.8 Å². The summed E-state index contributed by atoms with van der Waals surface area (Å²) in [5.41, 5.74) is 0. The van der Waals surface area contributed by atoms with Gasteiger partial charge in [0, 0.05) is 0 Å². The fourth-order valence-corrected chi connectivity index (χ4v) is 0.408. The molecular formula is C7H9NO3. The average Bonchev–Trinajstić information content (AvgIpc) is 1.87. The van der Waals surface area contributed by atoms with Crippen LogP contribution in [0.25, 0.3) is 0 Å². The maximum absolute atomic E-state index is 10.6. The minimum Gasteiger partial charge on any atom is -0.480 e. The highest BCUT2D eigenvalue weighted by molar-refractivity contribution is 5.95. The van der Waals surface area contributed by atoms with Crippen LogP contribution in [0, 0.1) is 11.8 Å². The zero-order chi connectivity index (χ0) is 8.85. The first-order valence-corrected chi connectivity index (χ1v) is 3.04. The molecule has 0 unspecified atom stereocenters. The largest absolute Gasteiger partial charge is 0.480 e. The van der Waals surface area contributed by atoms with Crippen molar-refractivity contribution in [1.82, 2.24) is 5.32 Å². The number of carbonyl (C=O) groups is 2. The monoisotopic (exact) mass is 155 g/mol. The van der Waals surface area contributed by atoms with Gasteiger partial charge in [0.05, 0.1) is 0 Å². The van der Waals surface area contributed by atoms with Gasteiger partial charge >= 0.3 is 5.97 Å². The van der Waals surface area contributed by atoms with E-state index in [9.17, 15) is 9.59 Å². The summed E-state index contributed by atoms with van der Waals surface area (Å²) in [5, 5.41) is 10.5. The zero-order valence-corrected chi connectivity index (χ0v) is 6.34. The quantitative estimate of drug-likeness (QED) is 0.533. The fraction of sp³-hybridized carbons (Fsp3) is 0.429. The maximum Gasteiger partial charge on any atom is 0.325 e. The second kappa shape index (κ2) is 4.34. The first-order valence-electron chi connectivity index (χ1n) is 3.04. The minimum absolute atomic E-state index is 0.567. The summed E-state index contributed by atoms with van der Waals surface area (Å²) in [6, 6.07) is -0.886. The molecule has 0 aliphatic rings. The molecule has 0 aromatic rings. The lowest BCUT2D eigenvalue weighted by molar-refractivity contribution is -0.140. The van der Waals surface area contributed by atoms with E-state index in [-0.39, 0.29) is 0 Å². The van der Waals surface area contributed by atoms with E-state index in [1.54, 1.807) is 0 Å². The number of nitrogens with one attached hydrogen (secondary N) is 1. The number of carboxylic acids is 1. The van der Waals surface area contributed by atoms with Crippen LogP contribution in [0.5, 0.6) is 0 Å². The summed E-state index contributed by atoms with van der Waals surface area (Å²) in [4.78, 5) is 20.8.